The zero-order valence-corrected chi connectivity index (χ0v) is 18.1. The van der Waals surface area contributed by atoms with Gasteiger partial charge in [0.15, 0.2) is 0 Å². The van der Waals surface area contributed by atoms with Gasteiger partial charge in [0.05, 0.1) is 31.1 Å². The van der Waals surface area contributed by atoms with Gasteiger partial charge in [0.2, 0.25) is 0 Å². The van der Waals surface area contributed by atoms with Crippen molar-refractivity contribution in [1.29, 1.82) is 0 Å². The zero-order valence-electron chi connectivity index (χ0n) is 18.1. The summed E-state index contributed by atoms with van der Waals surface area (Å²) in [6.45, 7) is 4.97. The van der Waals surface area contributed by atoms with E-state index in [0.717, 1.165) is 75.1 Å². The minimum atomic E-state index is -0.200. The third kappa shape index (κ3) is 4.53. The van der Waals surface area contributed by atoms with Crippen LogP contribution in [0.3, 0.4) is 0 Å². The third-order valence-electron chi connectivity index (χ3n) is 6.21. The van der Waals surface area contributed by atoms with E-state index in [2.05, 4.69) is 37.9 Å². The Morgan fingerprint density at radius 1 is 0.938 bits per heavy atom. The van der Waals surface area contributed by atoms with Crippen LogP contribution in [0, 0.1) is 5.82 Å². The first-order chi connectivity index (χ1) is 15.8. The number of benzene rings is 1. The molecule has 2 aliphatic rings. The standard InChI is InChI=1S/C25H28FN5O/c26-20-4-1-5-21(16-20)30-11-3-7-24(19-30)31(23-6-2-9-27-18-23)25-17-22(8-10-28-25)29-12-14-32-15-13-29/h1-2,4-6,8-10,16-18,24H,3,7,11-15,19H2/t24-/m1/s1. The molecule has 0 N–H and O–H groups in total. The van der Waals surface area contributed by atoms with Gasteiger partial charge in [0, 0.05) is 56.0 Å². The van der Waals surface area contributed by atoms with Crippen molar-refractivity contribution in [3.05, 3.63) is 72.9 Å². The monoisotopic (exact) mass is 433 g/mol. The van der Waals surface area contributed by atoms with Gasteiger partial charge in [-0.05, 0) is 49.2 Å². The lowest BCUT2D eigenvalue weighted by atomic mass is 10.0. The molecule has 3 aromatic rings. The highest BCUT2D eigenvalue weighted by Gasteiger charge is 2.28. The van der Waals surface area contributed by atoms with Gasteiger partial charge in [-0.2, -0.15) is 0 Å². The maximum Gasteiger partial charge on any atom is 0.135 e. The van der Waals surface area contributed by atoms with E-state index in [1.54, 1.807) is 18.3 Å². The summed E-state index contributed by atoms with van der Waals surface area (Å²) in [5.41, 5.74) is 3.10. The Balaban J connectivity index is 1.47. The average Bonchev–Trinajstić information content (AvgIpc) is 2.86. The predicted octanol–water partition coefficient (Wildman–Crippen LogP) is 4.26. The SMILES string of the molecule is Fc1cccc(N2CCC[C@@H](N(c3cccnc3)c3cc(N4CCOCC4)ccn3)C2)c1. The molecule has 2 saturated heterocycles. The van der Waals surface area contributed by atoms with Gasteiger partial charge in [-0.15, -0.1) is 0 Å². The van der Waals surface area contributed by atoms with Gasteiger partial charge in [-0.3, -0.25) is 4.98 Å². The molecule has 0 radical (unpaired) electrons. The van der Waals surface area contributed by atoms with Crippen LogP contribution in [0.4, 0.5) is 27.3 Å². The fourth-order valence-corrected chi connectivity index (χ4v) is 4.66. The lowest BCUT2D eigenvalue weighted by Gasteiger charge is -2.41. The number of pyridine rings is 2. The zero-order chi connectivity index (χ0) is 21.8. The molecule has 0 aliphatic carbocycles. The van der Waals surface area contributed by atoms with Crippen molar-refractivity contribution in [2.24, 2.45) is 0 Å². The maximum absolute atomic E-state index is 13.9. The molecule has 7 heteroatoms. The molecule has 0 unspecified atom stereocenters. The first kappa shape index (κ1) is 20.7. The van der Waals surface area contributed by atoms with Crippen LogP contribution >= 0.6 is 0 Å². The van der Waals surface area contributed by atoms with Crippen molar-refractivity contribution >= 4 is 22.9 Å². The maximum atomic E-state index is 13.9. The van der Waals surface area contributed by atoms with Gasteiger partial charge in [-0.1, -0.05) is 6.07 Å². The van der Waals surface area contributed by atoms with Crippen LogP contribution in [0.5, 0.6) is 0 Å². The molecule has 1 atom stereocenters. The van der Waals surface area contributed by atoms with Crippen LogP contribution in [-0.2, 0) is 4.74 Å². The van der Waals surface area contributed by atoms with Crippen LogP contribution in [-0.4, -0.2) is 55.4 Å². The number of halogens is 1. The quantitative estimate of drug-likeness (QED) is 0.599. The minimum Gasteiger partial charge on any atom is -0.378 e. The highest BCUT2D eigenvalue weighted by Crippen LogP contribution is 2.33. The number of hydrogen-bond acceptors (Lipinski definition) is 6. The summed E-state index contributed by atoms with van der Waals surface area (Å²) < 4.78 is 19.4. The normalized spacial score (nSPS) is 19.1. The van der Waals surface area contributed by atoms with E-state index in [-0.39, 0.29) is 11.9 Å². The Labute approximate surface area is 188 Å². The first-order valence-corrected chi connectivity index (χ1v) is 11.3. The summed E-state index contributed by atoms with van der Waals surface area (Å²) in [4.78, 5) is 16.0. The van der Waals surface area contributed by atoms with Crippen molar-refractivity contribution in [1.82, 2.24) is 9.97 Å². The van der Waals surface area contributed by atoms with E-state index in [1.807, 2.05) is 24.5 Å². The fourth-order valence-electron chi connectivity index (χ4n) is 4.66. The first-order valence-electron chi connectivity index (χ1n) is 11.3. The molecule has 2 fully saturated rings. The lowest BCUT2D eigenvalue weighted by Crippen LogP contribution is -2.46. The molecular weight excluding hydrogens is 405 g/mol. The summed E-state index contributed by atoms with van der Waals surface area (Å²) >= 11 is 0. The second-order valence-electron chi connectivity index (χ2n) is 8.27. The third-order valence-corrected chi connectivity index (χ3v) is 6.21. The Morgan fingerprint density at radius 3 is 2.62 bits per heavy atom. The summed E-state index contributed by atoms with van der Waals surface area (Å²) in [5.74, 6) is 0.710. The van der Waals surface area contributed by atoms with Crippen LogP contribution in [0.1, 0.15) is 12.8 Å². The number of nitrogens with zero attached hydrogens (tertiary/aromatic N) is 5. The highest BCUT2D eigenvalue weighted by molar-refractivity contribution is 5.65. The second kappa shape index (κ2) is 9.53. The Bertz CT molecular complexity index is 1030. The van der Waals surface area contributed by atoms with E-state index in [0.29, 0.717) is 0 Å². The summed E-state index contributed by atoms with van der Waals surface area (Å²) in [6, 6.07) is 15.3. The summed E-state index contributed by atoms with van der Waals surface area (Å²) in [7, 11) is 0. The summed E-state index contributed by atoms with van der Waals surface area (Å²) in [6.07, 6.45) is 7.63. The molecule has 0 bridgehead atoms. The van der Waals surface area contributed by atoms with Crippen molar-refractivity contribution < 1.29 is 9.13 Å². The van der Waals surface area contributed by atoms with Crippen LogP contribution in [0.25, 0.3) is 0 Å². The molecule has 32 heavy (non-hydrogen) atoms. The number of anilines is 4. The lowest BCUT2D eigenvalue weighted by molar-refractivity contribution is 0.122. The number of piperidine rings is 1. The van der Waals surface area contributed by atoms with Crippen LogP contribution in [0.15, 0.2) is 67.1 Å². The number of hydrogen-bond donors (Lipinski definition) is 0. The van der Waals surface area contributed by atoms with Gasteiger partial charge < -0.3 is 19.4 Å². The molecular formula is C25H28FN5O. The van der Waals surface area contributed by atoms with E-state index in [1.165, 1.54) is 6.07 Å². The molecule has 0 saturated carbocycles. The van der Waals surface area contributed by atoms with E-state index in [9.17, 15) is 4.39 Å². The smallest absolute Gasteiger partial charge is 0.135 e. The summed E-state index contributed by atoms with van der Waals surface area (Å²) in [5, 5.41) is 0. The average molecular weight is 434 g/mol. The Hall–Kier alpha value is -3.19. The van der Waals surface area contributed by atoms with Crippen molar-refractivity contribution in [2.45, 2.75) is 18.9 Å². The van der Waals surface area contributed by atoms with Crippen molar-refractivity contribution in [3.8, 4) is 0 Å². The Morgan fingerprint density at radius 2 is 1.81 bits per heavy atom. The van der Waals surface area contributed by atoms with Crippen molar-refractivity contribution in [2.75, 3.05) is 54.1 Å². The molecule has 5 rings (SSSR count). The van der Waals surface area contributed by atoms with Gasteiger partial charge in [-0.25, -0.2) is 9.37 Å². The molecule has 4 heterocycles. The molecule has 2 aliphatic heterocycles. The second-order valence-corrected chi connectivity index (χ2v) is 8.27. The highest BCUT2D eigenvalue weighted by atomic mass is 19.1. The number of aromatic nitrogens is 2. The number of morpholine rings is 1. The molecule has 6 nitrogen and oxygen atoms in total. The molecule has 1 aromatic carbocycles. The van der Waals surface area contributed by atoms with E-state index < -0.39 is 0 Å². The molecule has 0 spiro atoms. The largest absolute Gasteiger partial charge is 0.378 e. The van der Waals surface area contributed by atoms with Crippen LogP contribution < -0.4 is 14.7 Å². The van der Waals surface area contributed by atoms with E-state index in [4.69, 9.17) is 9.72 Å². The van der Waals surface area contributed by atoms with Gasteiger partial charge in [0.1, 0.15) is 11.6 Å². The Kier molecular flexibility index (Phi) is 6.16. The number of ether oxygens (including phenoxy) is 1. The molecule has 2 aromatic heterocycles. The molecule has 0 amide bonds. The van der Waals surface area contributed by atoms with Gasteiger partial charge >= 0.3 is 0 Å². The van der Waals surface area contributed by atoms with Gasteiger partial charge in [0.25, 0.3) is 0 Å². The minimum absolute atomic E-state index is 0.198. The molecule has 166 valence electrons. The number of rotatable bonds is 5. The van der Waals surface area contributed by atoms with Crippen molar-refractivity contribution in [3.63, 3.8) is 0 Å². The predicted molar refractivity (Wildman–Crippen MR) is 125 cm³/mol. The van der Waals surface area contributed by atoms with Crippen LogP contribution in [0.2, 0.25) is 0 Å². The fraction of sp³-hybridized carbons (Fsp3) is 0.360. The topological polar surface area (TPSA) is 44.7 Å². The van der Waals surface area contributed by atoms with E-state index >= 15 is 0 Å².